The fourth-order valence-corrected chi connectivity index (χ4v) is 1.35. The zero-order valence-corrected chi connectivity index (χ0v) is 9.03. The van der Waals surface area contributed by atoms with Crippen LogP contribution in [0.15, 0.2) is 22.8 Å². The lowest BCUT2D eigenvalue weighted by molar-refractivity contribution is -0.121. The number of amides is 1. The van der Waals surface area contributed by atoms with Gasteiger partial charge in [0.1, 0.15) is 5.76 Å². The third-order valence-corrected chi connectivity index (χ3v) is 2.21. The molecule has 0 radical (unpaired) electrons. The minimum Gasteiger partial charge on any atom is -0.467 e. The Morgan fingerprint density at radius 1 is 1.60 bits per heavy atom. The monoisotopic (exact) mass is 210 g/mol. The van der Waals surface area contributed by atoms with Crippen molar-refractivity contribution in [2.75, 3.05) is 6.54 Å². The van der Waals surface area contributed by atoms with Gasteiger partial charge in [-0.05, 0) is 38.4 Å². The molecule has 0 aliphatic rings. The largest absolute Gasteiger partial charge is 0.467 e. The van der Waals surface area contributed by atoms with Crippen LogP contribution in [0.25, 0.3) is 0 Å². The average molecular weight is 210 g/mol. The highest BCUT2D eigenvalue weighted by molar-refractivity contribution is 5.76. The van der Waals surface area contributed by atoms with E-state index in [4.69, 9.17) is 10.2 Å². The van der Waals surface area contributed by atoms with Crippen LogP contribution in [0.5, 0.6) is 0 Å². The molecule has 1 aromatic rings. The van der Waals surface area contributed by atoms with Crippen LogP contribution in [-0.4, -0.2) is 12.5 Å². The molecule has 1 heterocycles. The smallest absolute Gasteiger partial charge is 0.220 e. The Morgan fingerprint density at radius 3 is 3.00 bits per heavy atom. The van der Waals surface area contributed by atoms with Crippen molar-refractivity contribution in [1.29, 1.82) is 0 Å². The third-order valence-electron chi connectivity index (χ3n) is 2.21. The highest BCUT2D eigenvalue weighted by atomic mass is 16.3. The van der Waals surface area contributed by atoms with Crippen molar-refractivity contribution < 1.29 is 9.21 Å². The van der Waals surface area contributed by atoms with Crippen LogP contribution in [-0.2, 0) is 4.79 Å². The number of hydrogen-bond donors (Lipinski definition) is 2. The Kier molecular flexibility index (Phi) is 4.90. The lowest BCUT2D eigenvalue weighted by Gasteiger charge is -2.10. The number of furan rings is 1. The molecule has 0 aromatic carbocycles. The highest BCUT2D eigenvalue weighted by Crippen LogP contribution is 2.12. The van der Waals surface area contributed by atoms with Gasteiger partial charge >= 0.3 is 0 Å². The Balaban J connectivity index is 2.26. The van der Waals surface area contributed by atoms with E-state index in [9.17, 15) is 4.79 Å². The van der Waals surface area contributed by atoms with Gasteiger partial charge < -0.3 is 15.5 Å². The van der Waals surface area contributed by atoms with E-state index in [2.05, 4.69) is 5.32 Å². The van der Waals surface area contributed by atoms with Crippen LogP contribution in [0.1, 0.15) is 38.0 Å². The predicted octanol–water partition coefficient (Wildman–Crippen LogP) is 1.59. The molecule has 15 heavy (non-hydrogen) atoms. The summed E-state index contributed by atoms with van der Waals surface area (Å²) in [4.78, 5) is 11.4. The van der Waals surface area contributed by atoms with Crippen molar-refractivity contribution in [3.8, 4) is 0 Å². The second kappa shape index (κ2) is 6.24. The lowest BCUT2D eigenvalue weighted by atomic mass is 10.2. The molecule has 1 rings (SSSR count). The second-order valence-corrected chi connectivity index (χ2v) is 3.55. The van der Waals surface area contributed by atoms with Crippen LogP contribution in [0.3, 0.4) is 0 Å². The molecule has 1 amide bonds. The number of hydrogen-bond acceptors (Lipinski definition) is 3. The van der Waals surface area contributed by atoms with Gasteiger partial charge in [0.2, 0.25) is 5.91 Å². The third kappa shape index (κ3) is 4.16. The molecule has 4 nitrogen and oxygen atoms in total. The zero-order valence-electron chi connectivity index (χ0n) is 9.03. The first-order chi connectivity index (χ1) is 7.24. The molecule has 0 aliphatic heterocycles. The second-order valence-electron chi connectivity index (χ2n) is 3.55. The summed E-state index contributed by atoms with van der Waals surface area (Å²) in [5.41, 5.74) is 5.35. The first-order valence-electron chi connectivity index (χ1n) is 5.27. The van der Waals surface area contributed by atoms with Crippen LogP contribution in [0, 0.1) is 0 Å². The van der Waals surface area contributed by atoms with Crippen molar-refractivity contribution in [3.05, 3.63) is 24.2 Å². The number of nitrogens with one attached hydrogen (secondary N) is 1. The Hall–Kier alpha value is -1.29. The van der Waals surface area contributed by atoms with Crippen LogP contribution >= 0.6 is 0 Å². The first kappa shape index (κ1) is 11.8. The van der Waals surface area contributed by atoms with E-state index >= 15 is 0 Å². The van der Waals surface area contributed by atoms with E-state index in [0.717, 1.165) is 18.6 Å². The quantitative estimate of drug-likeness (QED) is 0.700. The summed E-state index contributed by atoms with van der Waals surface area (Å²) in [5.74, 6) is 0.828. The van der Waals surface area contributed by atoms with Gasteiger partial charge in [0, 0.05) is 6.42 Å². The molecule has 0 saturated heterocycles. The molecule has 1 atom stereocenters. The Morgan fingerprint density at radius 2 is 2.40 bits per heavy atom. The number of unbranched alkanes of at least 4 members (excludes halogenated alkanes) is 1. The minimum atomic E-state index is -0.0645. The fourth-order valence-electron chi connectivity index (χ4n) is 1.35. The number of rotatable bonds is 6. The molecule has 1 aromatic heterocycles. The first-order valence-corrected chi connectivity index (χ1v) is 5.27. The summed E-state index contributed by atoms with van der Waals surface area (Å²) in [5, 5.41) is 2.87. The number of nitrogens with two attached hydrogens (primary N) is 1. The molecule has 3 N–H and O–H groups in total. The van der Waals surface area contributed by atoms with Gasteiger partial charge in [0.15, 0.2) is 0 Å². The van der Waals surface area contributed by atoms with E-state index in [1.807, 2.05) is 19.1 Å². The summed E-state index contributed by atoms with van der Waals surface area (Å²) in [6.07, 6.45) is 3.87. The molecule has 1 unspecified atom stereocenters. The van der Waals surface area contributed by atoms with Crippen molar-refractivity contribution in [1.82, 2.24) is 5.32 Å². The Labute approximate surface area is 89.8 Å². The molecule has 0 aliphatic carbocycles. The van der Waals surface area contributed by atoms with Gasteiger partial charge in [-0.25, -0.2) is 0 Å². The van der Waals surface area contributed by atoms with Crippen molar-refractivity contribution >= 4 is 5.91 Å². The normalized spacial score (nSPS) is 12.4. The maximum Gasteiger partial charge on any atom is 0.220 e. The maximum absolute atomic E-state index is 11.4. The SMILES string of the molecule is CC(NC(=O)CCCCN)c1ccco1. The summed E-state index contributed by atoms with van der Waals surface area (Å²) in [7, 11) is 0. The molecule has 84 valence electrons. The topological polar surface area (TPSA) is 68.3 Å². The van der Waals surface area contributed by atoms with Gasteiger partial charge in [-0.15, -0.1) is 0 Å². The van der Waals surface area contributed by atoms with Gasteiger partial charge in [-0.1, -0.05) is 0 Å². The van der Waals surface area contributed by atoms with Gasteiger partial charge in [0.25, 0.3) is 0 Å². The average Bonchev–Trinajstić information content (AvgIpc) is 2.70. The summed E-state index contributed by atoms with van der Waals surface area (Å²) >= 11 is 0. The van der Waals surface area contributed by atoms with Crippen LogP contribution in [0.4, 0.5) is 0 Å². The zero-order chi connectivity index (χ0) is 11.1. The molecule has 4 heteroatoms. The molecule has 0 saturated carbocycles. The molecule has 0 bridgehead atoms. The Bertz CT molecular complexity index is 283. The fraction of sp³-hybridized carbons (Fsp3) is 0.545. The standard InChI is InChI=1S/C11H18N2O2/c1-9(10-5-4-8-15-10)13-11(14)6-2-3-7-12/h4-5,8-9H,2-3,6-7,12H2,1H3,(H,13,14). The van der Waals surface area contributed by atoms with Gasteiger partial charge in [0.05, 0.1) is 12.3 Å². The van der Waals surface area contributed by atoms with Gasteiger partial charge in [-0.3, -0.25) is 4.79 Å². The minimum absolute atomic E-state index is 0.0485. The van der Waals surface area contributed by atoms with Crippen LogP contribution in [0.2, 0.25) is 0 Å². The highest BCUT2D eigenvalue weighted by Gasteiger charge is 2.10. The molecular formula is C11H18N2O2. The molecule has 0 fully saturated rings. The molecular weight excluding hydrogens is 192 g/mol. The predicted molar refractivity (Wildman–Crippen MR) is 58.2 cm³/mol. The summed E-state index contributed by atoms with van der Waals surface area (Å²) in [6, 6.07) is 3.60. The van der Waals surface area contributed by atoms with E-state index in [-0.39, 0.29) is 11.9 Å². The van der Waals surface area contributed by atoms with Crippen molar-refractivity contribution in [2.45, 2.75) is 32.2 Å². The van der Waals surface area contributed by atoms with E-state index in [1.165, 1.54) is 0 Å². The summed E-state index contributed by atoms with van der Waals surface area (Å²) in [6.45, 7) is 2.54. The number of carbonyl (C=O) groups is 1. The van der Waals surface area contributed by atoms with E-state index < -0.39 is 0 Å². The van der Waals surface area contributed by atoms with Crippen molar-refractivity contribution in [2.24, 2.45) is 5.73 Å². The molecule has 0 spiro atoms. The maximum atomic E-state index is 11.4. The van der Waals surface area contributed by atoms with Crippen molar-refractivity contribution in [3.63, 3.8) is 0 Å². The van der Waals surface area contributed by atoms with E-state index in [1.54, 1.807) is 6.26 Å². The lowest BCUT2D eigenvalue weighted by Crippen LogP contribution is -2.26. The summed E-state index contributed by atoms with van der Waals surface area (Å²) < 4.78 is 5.19. The number of carbonyl (C=O) groups excluding carboxylic acids is 1. The van der Waals surface area contributed by atoms with Gasteiger partial charge in [-0.2, -0.15) is 0 Å². The van der Waals surface area contributed by atoms with Crippen LogP contribution < -0.4 is 11.1 Å². The van der Waals surface area contributed by atoms with E-state index in [0.29, 0.717) is 13.0 Å².